The van der Waals surface area contributed by atoms with E-state index in [1.807, 2.05) is 25.1 Å². The highest BCUT2D eigenvalue weighted by Crippen LogP contribution is 2.23. The summed E-state index contributed by atoms with van der Waals surface area (Å²) in [5.74, 6) is 0. The highest BCUT2D eigenvalue weighted by molar-refractivity contribution is 9.10. The van der Waals surface area contributed by atoms with Gasteiger partial charge in [0.25, 0.3) is 0 Å². The molecule has 0 unspecified atom stereocenters. The molecule has 2 heterocycles. The minimum atomic E-state index is 0.907. The molecule has 2 aromatic rings. The van der Waals surface area contributed by atoms with Crippen LogP contribution in [0.3, 0.4) is 0 Å². The highest BCUT2D eigenvalue weighted by Gasteiger charge is 2.05. The summed E-state index contributed by atoms with van der Waals surface area (Å²) < 4.78 is 0.936. The average molecular weight is 238 g/mol. The van der Waals surface area contributed by atoms with E-state index in [2.05, 4.69) is 31.1 Å². The van der Waals surface area contributed by atoms with Crippen molar-refractivity contribution in [2.75, 3.05) is 0 Å². The predicted octanol–water partition coefficient (Wildman–Crippen LogP) is 2.54. The summed E-state index contributed by atoms with van der Waals surface area (Å²) in [5.41, 5.74) is 2.83. The van der Waals surface area contributed by atoms with Crippen molar-refractivity contribution in [2.45, 2.75) is 6.92 Å². The molecule has 0 aromatic carbocycles. The van der Waals surface area contributed by atoms with E-state index in [0.717, 1.165) is 21.6 Å². The van der Waals surface area contributed by atoms with Crippen molar-refractivity contribution in [2.24, 2.45) is 0 Å². The third-order valence-corrected chi connectivity index (χ3v) is 2.34. The number of aryl methyl sites for hydroxylation is 1. The number of pyridine rings is 1. The van der Waals surface area contributed by atoms with Crippen LogP contribution >= 0.6 is 15.9 Å². The van der Waals surface area contributed by atoms with E-state index in [9.17, 15) is 0 Å². The first-order chi connectivity index (χ1) is 6.27. The van der Waals surface area contributed by atoms with E-state index in [-0.39, 0.29) is 0 Å². The van der Waals surface area contributed by atoms with Gasteiger partial charge in [-0.05, 0) is 35.0 Å². The lowest BCUT2D eigenvalue weighted by Crippen LogP contribution is -1.86. The Morgan fingerprint density at radius 2 is 2.23 bits per heavy atom. The minimum Gasteiger partial charge on any atom is -0.275 e. The second kappa shape index (κ2) is 3.30. The molecule has 0 atom stereocenters. The minimum absolute atomic E-state index is 0.907. The molecule has 0 radical (unpaired) electrons. The molecule has 0 aliphatic heterocycles. The van der Waals surface area contributed by atoms with Gasteiger partial charge in [0.2, 0.25) is 0 Å². The second-order valence-corrected chi connectivity index (χ2v) is 3.61. The maximum absolute atomic E-state index is 4.38. The van der Waals surface area contributed by atoms with Gasteiger partial charge >= 0.3 is 0 Å². The summed E-state index contributed by atoms with van der Waals surface area (Å²) in [6, 6.07) is 5.89. The van der Waals surface area contributed by atoms with E-state index >= 15 is 0 Å². The number of hydrogen-bond acceptors (Lipinski definition) is 2. The first-order valence-electron chi connectivity index (χ1n) is 3.90. The number of nitrogens with one attached hydrogen (secondary N) is 1. The number of H-pyrrole nitrogens is 1. The monoisotopic (exact) mass is 237 g/mol. The highest BCUT2D eigenvalue weighted by atomic mass is 79.9. The van der Waals surface area contributed by atoms with E-state index < -0.39 is 0 Å². The fraction of sp³-hybridized carbons (Fsp3) is 0.111. The maximum atomic E-state index is 4.38. The Kier molecular flexibility index (Phi) is 2.14. The molecular weight excluding hydrogens is 230 g/mol. The lowest BCUT2D eigenvalue weighted by Gasteiger charge is -1.98. The Morgan fingerprint density at radius 1 is 1.38 bits per heavy atom. The lowest BCUT2D eigenvalue weighted by molar-refractivity contribution is 1.08. The van der Waals surface area contributed by atoms with Gasteiger partial charge in [-0.25, -0.2) is 0 Å². The van der Waals surface area contributed by atoms with E-state index in [0.29, 0.717) is 0 Å². The van der Waals surface area contributed by atoms with Crippen LogP contribution in [0.4, 0.5) is 0 Å². The number of aromatic nitrogens is 3. The maximum Gasteiger partial charge on any atom is 0.0976 e. The fourth-order valence-corrected chi connectivity index (χ4v) is 1.53. The molecule has 0 amide bonds. The van der Waals surface area contributed by atoms with Crippen LogP contribution < -0.4 is 0 Å². The van der Waals surface area contributed by atoms with Gasteiger partial charge in [0.15, 0.2) is 0 Å². The molecule has 2 aromatic heterocycles. The lowest BCUT2D eigenvalue weighted by atomic mass is 10.2. The van der Waals surface area contributed by atoms with Crippen molar-refractivity contribution in [3.63, 3.8) is 0 Å². The van der Waals surface area contributed by atoms with E-state index in [1.54, 1.807) is 6.20 Å². The predicted molar refractivity (Wildman–Crippen MR) is 54.3 cm³/mol. The van der Waals surface area contributed by atoms with Crippen LogP contribution in [0.15, 0.2) is 28.9 Å². The second-order valence-electron chi connectivity index (χ2n) is 2.76. The summed E-state index contributed by atoms with van der Waals surface area (Å²) in [6.45, 7) is 1.97. The summed E-state index contributed by atoms with van der Waals surface area (Å²) in [5, 5.41) is 6.81. The van der Waals surface area contributed by atoms with Crippen molar-refractivity contribution >= 4 is 15.9 Å². The SMILES string of the molecule is Cc1cccc(-c2[nH]ncc2Br)n1. The van der Waals surface area contributed by atoms with Crippen LogP contribution in [0.25, 0.3) is 11.4 Å². The number of halogens is 1. The van der Waals surface area contributed by atoms with Gasteiger partial charge in [-0.1, -0.05) is 6.07 Å². The zero-order chi connectivity index (χ0) is 9.26. The van der Waals surface area contributed by atoms with Gasteiger partial charge in [0.1, 0.15) is 0 Å². The molecule has 66 valence electrons. The molecular formula is C9H8BrN3. The Bertz CT molecular complexity index is 422. The first-order valence-corrected chi connectivity index (χ1v) is 4.69. The van der Waals surface area contributed by atoms with Gasteiger partial charge < -0.3 is 0 Å². The van der Waals surface area contributed by atoms with Crippen molar-refractivity contribution in [3.05, 3.63) is 34.6 Å². The van der Waals surface area contributed by atoms with Gasteiger partial charge in [0.05, 0.1) is 22.1 Å². The Labute approximate surface area is 84.3 Å². The third-order valence-electron chi connectivity index (χ3n) is 1.74. The van der Waals surface area contributed by atoms with E-state index in [1.165, 1.54) is 0 Å². The molecule has 0 aliphatic rings. The molecule has 0 saturated heterocycles. The summed E-state index contributed by atoms with van der Waals surface area (Å²) in [7, 11) is 0. The molecule has 2 rings (SSSR count). The topological polar surface area (TPSA) is 41.6 Å². The smallest absolute Gasteiger partial charge is 0.0976 e. The van der Waals surface area contributed by atoms with Crippen LogP contribution in [0.5, 0.6) is 0 Å². The standard InChI is InChI=1S/C9H8BrN3/c1-6-3-2-4-8(12-6)9-7(10)5-11-13-9/h2-5H,1H3,(H,11,13). The Balaban J connectivity index is 2.53. The van der Waals surface area contributed by atoms with Crippen LogP contribution in [0.2, 0.25) is 0 Å². The normalized spacial score (nSPS) is 10.3. The summed E-state index contributed by atoms with van der Waals surface area (Å²) >= 11 is 3.39. The molecule has 0 bridgehead atoms. The fourth-order valence-electron chi connectivity index (χ4n) is 1.13. The molecule has 0 spiro atoms. The molecule has 0 saturated carbocycles. The van der Waals surface area contributed by atoms with Crippen LogP contribution in [-0.2, 0) is 0 Å². The van der Waals surface area contributed by atoms with Gasteiger partial charge in [-0.15, -0.1) is 0 Å². The number of aromatic amines is 1. The van der Waals surface area contributed by atoms with Gasteiger partial charge in [0, 0.05) is 5.69 Å². The van der Waals surface area contributed by atoms with Crippen molar-refractivity contribution in [3.8, 4) is 11.4 Å². The van der Waals surface area contributed by atoms with Gasteiger partial charge in [-0.3, -0.25) is 10.1 Å². The zero-order valence-corrected chi connectivity index (χ0v) is 8.67. The molecule has 1 N–H and O–H groups in total. The first kappa shape index (κ1) is 8.44. The van der Waals surface area contributed by atoms with E-state index in [4.69, 9.17) is 0 Å². The Morgan fingerprint density at radius 3 is 2.85 bits per heavy atom. The van der Waals surface area contributed by atoms with Crippen LogP contribution in [0, 0.1) is 6.92 Å². The average Bonchev–Trinajstić information content (AvgIpc) is 2.51. The number of nitrogens with zero attached hydrogens (tertiary/aromatic N) is 2. The molecule has 3 nitrogen and oxygen atoms in total. The third kappa shape index (κ3) is 1.62. The number of rotatable bonds is 1. The van der Waals surface area contributed by atoms with Crippen molar-refractivity contribution < 1.29 is 0 Å². The molecule has 0 fully saturated rings. The Hall–Kier alpha value is -1.16. The van der Waals surface area contributed by atoms with Gasteiger partial charge in [-0.2, -0.15) is 5.10 Å². The quantitative estimate of drug-likeness (QED) is 0.829. The van der Waals surface area contributed by atoms with Crippen LogP contribution in [-0.4, -0.2) is 15.2 Å². The molecule has 0 aliphatic carbocycles. The summed E-state index contributed by atoms with van der Waals surface area (Å²) in [4.78, 5) is 4.38. The van der Waals surface area contributed by atoms with Crippen LogP contribution in [0.1, 0.15) is 5.69 Å². The zero-order valence-electron chi connectivity index (χ0n) is 7.08. The molecule has 4 heteroatoms. The number of hydrogen-bond donors (Lipinski definition) is 1. The summed E-state index contributed by atoms with van der Waals surface area (Å²) in [6.07, 6.45) is 1.72. The van der Waals surface area contributed by atoms with Crippen molar-refractivity contribution in [1.82, 2.24) is 15.2 Å². The largest absolute Gasteiger partial charge is 0.275 e. The van der Waals surface area contributed by atoms with Crippen molar-refractivity contribution in [1.29, 1.82) is 0 Å². The molecule has 13 heavy (non-hydrogen) atoms.